The first-order valence-corrected chi connectivity index (χ1v) is 6.81. The van der Waals surface area contributed by atoms with Crippen molar-refractivity contribution in [2.75, 3.05) is 5.73 Å². The number of aromatic nitrogens is 1. The van der Waals surface area contributed by atoms with Crippen LogP contribution in [0.25, 0.3) is 11.6 Å². The highest BCUT2D eigenvalue weighted by Gasteiger charge is 2.13. The first-order valence-electron chi connectivity index (χ1n) is 6.81. The van der Waals surface area contributed by atoms with Crippen molar-refractivity contribution >= 4 is 17.3 Å². The van der Waals surface area contributed by atoms with E-state index in [2.05, 4.69) is 37.3 Å². The van der Waals surface area contributed by atoms with Gasteiger partial charge in [0.25, 0.3) is 0 Å². The third kappa shape index (κ3) is 2.39. The highest BCUT2D eigenvalue weighted by atomic mass is 14.7. The van der Waals surface area contributed by atoms with E-state index in [1.807, 2.05) is 12.1 Å². The summed E-state index contributed by atoms with van der Waals surface area (Å²) in [6.07, 6.45) is 5.29. The lowest BCUT2D eigenvalue weighted by molar-refractivity contribution is 0.972. The van der Waals surface area contributed by atoms with Gasteiger partial charge in [0.15, 0.2) is 0 Å². The van der Waals surface area contributed by atoms with Gasteiger partial charge in [0, 0.05) is 11.4 Å². The van der Waals surface area contributed by atoms with E-state index in [4.69, 9.17) is 10.7 Å². The number of allylic oxidation sites excluding steroid dienone is 1. The number of hydrogen-bond acceptors (Lipinski definition) is 2. The Morgan fingerprint density at radius 1 is 1.16 bits per heavy atom. The molecule has 2 heteroatoms. The van der Waals surface area contributed by atoms with Gasteiger partial charge in [-0.1, -0.05) is 31.2 Å². The molecular weight excluding hydrogens is 232 g/mol. The highest BCUT2D eigenvalue weighted by molar-refractivity contribution is 5.83. The fourth-order valence-corrected chi connectivity index (χ4v) is 2.59. The summed E-state index contributed by atoms with van der Waals surface area (Å²) < 4.78 is 0. The highest BCUT2D eigenvalue weighted by Crippen LogP contribution is 2.30. The van der Waals surface area contributed by atoms with Crippen molar-refractivity contribution in [3.05, 3.63) is 58.9 Å². The quantitative estimate of drug-likeness (QED) is 0.882. The van der Waals surface area contributed by atoms with Crippen molar-refractivity contribution < 1.29 is 0 Å². The van der Waals surface area contributed by atoms with Crippen LogP contribution < -0.4 is 5.73 Å². The van der Waals surface area contributed by atoms with Crippen molar-refractivity contribution in [3.63, 3.8) is 0 Å². The number of hydrogen-bond donors (Lipinski definition) is 1. The van der Waals surface area contributed by atoms with E-state index in [9.17, 15) is 0 Å². The minimum atomic E-state index is 0.807. The van der Waals surface area contributed by atoms with Gasteiger partial charge < -0.3 is 5.73 Å². The van der Waals surface area contributed by atoms with Crippen LogP contribution in [-0.4, -0.2) is 4.98 Å². The van der Waals surface area contributed by atoms with Gasteiger partial charge >= 0.3 is 0 Å². The molecule has 2 aromatic rings. The number of nitrogens with two attached hydrogens (primary N) is 1. The van der Waals surface area contributed by atoms with Crippen LogP contribution in [0.1, 0.15) is 35.9 Å². The van der Waals surface area contributed by atoms with Gasteiger partial charge in [-0.2, -0.15) is 0 Å². The third-order valence-electron chi connectivity index (χ3n) is 3.64. The molecule has 0 saturated heterocycles. The Hall–Kier alpha value is -2.09. The molecule has 1 aromatic heterocycles. The lowest BCUT2D eigenvalue weighted by Crippen LogP contribution is -2.02. The summed E-state index contributed by atoms with van der Waals surface area (Å²) in [5.74, 6) is 0. The molecule has 2 nitrogen and oxygen atoms in total. The Bertz CT molecular complexity index is 641. The maximum Gasteiger partial charge on any atom is 0.0685 e. The molecular formula is C17H18N2. The summed E-state index contributed by atoms with van der Waals surface area (Å²) in [6, 6.07) is 12.5. The van der Waals surface area contributed by atoms with E-state index >= 15 is 0 Å². The van der Waals surface area contributed by atoms with Gasteiger partial charge in [-0.25, -0.2) is 0 Å². The summed E-state index contributed by atoms with van der Waals surface area (Å²) in [6.45, 7) is 2.11. The molecule has 0 aliphatic heterocycles. The van der Waals surface area contributed by atoms with Crippen LogP contribution in [0.2, 0.25) is 0 Å². The molecule has 1 aromatic carbocycles. The molecule has 0 atom stereocenters. The topological polar surface area (TPSA) is 38.9 Å². The zero-order valence-corrected chi connectivity index (χ0v) is 11.2. The monoisotopic (exact) mass is 250 g/mol. The fourth-order valence-electron chi connectivity index (χ4n) is 2.59. The zero-order chi connectivity index (χ0) is 13.2. The Morgan fingerprint density at radius 2 is 2.00 bits per heavy atom. The van der Waals surface area contributed by atoms with Gasteiger partial charge in [0.1, 0.15) is 0 Å². The molecule has 1 aliphatic rings. The molecule has 3 rings (SSSR count). The van der Waals surface area contributed by atoms with Crippen molar-refractivity contribution in [2.24, 2.45) is 0 Å². The van der Waals surface area contributed by atoms with Gasteiger partial charge in [-0.15, -0.1) is 0 Å². The molecule has 19 heavy (non-hydrogen) atoms. The fraction of sp³-hybridized carbons (Fsp3) is 0.235. The maximum atomic E-state index is 5.97. The van der Waals surface area contributed by atoms with Gasteiger partial charge in [-0.05, 0) is 54.2 Å². The largest absolute Gasteiger partial charge is 0.399 e. The zero-order valence-electron chi connectivity index (χ0n) is 11.2. The number of nitrogens with zero attached hydrogens (tertiary/aromatic N) is 1. The Labute approximate surface area is 114 Å². The normalized spacial score (nSPS) is 13.8. The molecule has 0 fully saturated rings. The van der Waals surface area contributed by atoms with Crippen LogP contribution in [0.3, 0.4) is 0 Å². The van der Waals surface area contributed by atoms with Gasteiger partial charge in [-0.3, -0.25) is 4.98 Å². The van der Waals surface area contributed by atoms with Crippen LogP contribution in [0.5, 0.6) is 0 Å². The lowest BCUT2D eigenvalue weighted by Gasteiger charge is -2.16. The summed E-state index contributed by atoms with van der Waals surface area (Å²) in [7, 11) is 0. The molecule has 0 radical (unpaired) electrons. The second kappa shape index (κ2) is 4.88. The summed E-state index contributed by atoms with van der Waals surface area (Å²) >= 11 is 0. The maximum absolute atomic E-state index is 5.97. The van der Waals surface area contributed by atoms with Crippen molar-refractivity contribution in [1.82, 2.24) is 4.98 Å². The standard InChI is InChI=1S/C17H18N2/c1-2-16-10-15(18)11-17(19-16)14-8-7-12-5-3-4-6-13(12)9-14/h3-6,9-11H,2,7-8H2,1H3,(H2,18,19). The Kier molecular flexibility index (Phi) is 3.08. The van der Waals surface area contributed by atoms with Gasteiger partial charge in [0.05, 0.1) is 5.69 Å². The Morgan fingerprint density at radius 3 is 2.84 bits per heavy atom. The van der Waals surface area contributed by atoms with Gasteiger partial charge in [0.2, 0.25) is 0 Å². The third-order valence-corrected chi connectivity index (χ3v) is 3.64. The predicted octanol–water partition coefficient (Wildman–Crippen LogP) is 3.71. The minimum Gasteiger partial charge on any atom is -0.399 e. The second-order valence-electron chi connectivity index (χ2n) is 5.00. The smallest absolute Gasteiger partial charge is 0.0685 e. The van der Waals surface area contributed by atoms with Crippen LogP contribution in [0.15, 0.2) is 36.4 Å². The molecule has 96 valence electrons. The van der Waals surface area contributed by atoms with Crippen molar-refractivity contribution in [2.45, 2.75) is 26.2 Å². The van der Waals surface area contributed by atoms with E-state index in [1.165, 1.54) is 16.7 Å². The molecule has 0 bridgehead atoms. The Balaban J connectivity index is 2.04. The number of benzene rings is 1. The van der Waals surface area contributed by atoms with Crippen LogP contribution in [0.4, 0.5) is 5.69 Å². The average Bonchev–Trinajstić information content (AvgIpc) is 2.46. The summed E-state index contributed by atoms with van der Waals surface area (Å²) in [5.41, 5.74) is 12.9. The molecule has 0 unspecified atom stereocenters. The lowest BCUT2D eigenvalue weighted by atomic mass is 9.90. The number of fused-ring (bicyclic) bond motifs is 1. The van der Waals surface area contributed by atoms with E-state index in [0.29, 0.717) is 0 Å². The first kappa shape index (κ1) is 12.0. The molecule has 2 N–H and O–H groups in total. The number of anilines is 1. The molecule has 0 saturated carbocycles. The number of rotatable bonds is 2. The predicted molar refractivity (Wildman–Crippen MR) is 80.7 cm³/mol. The first-order chi connectivity index (χ1) is 9.26. The summed E-state index contributed by atoms with van der Waals surface area (Å²) in [5, 5.41) is 0. The minimum absolute atomic E-state index is 0.807. The second-order valence-corrected chi connectivity index (χ2v) is 5.00. The van der Waals surface area contributed by atoms with E-state index in [-0.39, 0.29) is 0 Å². The molecule has 0 spiro atoms. The molecule has 0 amide bonds. The summed E-state index contributed by atoms with van der Waals surface area (Å²) in [4.78, 5) is 4.70. The number of pyridine rings is 1. The van der Waals surface area contributed by atoms with Crippen LogP contribution in [0, 0.1) is 0 Å². The molecule has 1 heterocycles. The van der Waals surface area contributed by atoms with E-state index in [1.54, 1.807) is 0 Å². The van der Waals surface area contributed by atoms with Crippen LogP contribution in [-0.2, 0) is 12.8 Å². The number of nitrogen functional groups attached to an aromatic ring is 1. The number of aryl methyl sites for hydroxylation is 2. The van der Waals surface area contributed by atoms with E-state index in [0.717, 1.165) is 36.3 Å². The van der Waals surface area contributed by atoms with Crippen molar-refractivity contribution in [1.29, 1.82) is 0 Å². The SMILES string of the molecule is CCc1cc(N)cc(C2=Cc3ccccc3CC2)n1. The van der Waals surface area contributed by atoms with E-state index < -0.39 is 0 Å². The van der Waals surface area contributed by atoms with Crippen molar-refractivity contribution in [3.8, 4) is 0 Å². The van der Waals surface area contributed by atoms with Crippen LogP contribution >= 0.6 is 0 Å². The average molecular weight is 250 g/mol. The molecule has 1 aliphatic carbocycles.